The average Bonchev–Trinajstić information content (AvgIpc) is 3.23. The van der Waals surface area contributed by atoms with Crippen molar-refractivity contribution >= 4 is 11.8 Å². The molecule has 0 bridgehead atoms. The van der Waals surface area contributed by atoms with Crippen LogP contribution in [0.3, 0.4) is 0 Å². The summed E-state index contributed by atoms with van der Waals surface area (Å²) in [5.41, 5.74) is 1.04. The van der Waals surface area contributed by atoms with E-state index in [0.717, 1.165) is 30.8 Å². The predicted octanol–water partition coefficient (Wildman–Crippen LogP) is 2.22. The highest BCUT2D eigenvalue weighted by atomic mass is 16.2. The maximum absolute atomic E-state index is 13.0. The third kappa shape index (κ3) is 5.77. The molecule has 2 aromatic heterocycles. The highest BCUT2D eigenvalue weighted by molar-refractivity contribution is 5.93. The number of aryl methyl sites for hydroxylation is 1. The maximum Gasteiger partial charge on any atom is 0.253 e. The molecule has 4 rings (SSSR count). The summed E-state index contributed by atoms with van der Waals surface area (Å²) in [5.74, 6) is 0.926. The lowest BCUT2D eigenvalue weighted by Gasteiger charge is -2.33. The van der Waals surface area contributed by atoms with Crippen LogP contribution >= 0.6 is 0 Å². The molecule has 2 amide bonds. The van der Waals surface area contributed by atoms with Gasteiger partial charge in [0.25, 0.3) is 11.5 Å². The van der Waals surface area contributed by atoms with Crippen molar-refractivity contribution in [3.63, 3.8) is 0 Å². The SMILES string of the molecule is Cc1nccn1CC1CCCN(C(=O)Cn2cc(C(=O)NCc3ccccc3)ccc2=O)C1. The number of nitrogens with zero attached hydrogens (tertiary/aromatic N) is 4. The van der Waals surface area contributed by atoms with E-state index in [4.69, 9.17) is 0 Å². The van der Waals surface area contributed by atoms with Crippen molar-refractivity contribution in [2.45, 2.75) is 39.4 Å². The second-order valence-electron chi connectivity index (χ2n) is 8.53. The number of aromatic nitrogens is 3. The van der Waals surface area contributed by atoms with E-state index in [9.17, 15) is 14.4 Å². The standard InChI is InChI=1S/C25H29N5O3/c1-19-26-11-13-28(19)15-21-8-5-12-29(16-21)24(32)18-30-17-22(9-10-23(30)31)25(33)27-14-20-6-3-2-4-7-20/h2-4,6-7,9-11,13,17,21H,5,8,12,14-16,18H2,1H3,(H,27,33). The van der Waals surface area contributed by atoms with Crippen molar-refractivity contribution in [2.24, 2.45) is 5.92 Å². The number of rotatable bonds is 7. The zero-order valence-corrected chi connectivity index (χ0v) is 18.8. The Kier molecular flexibility index (Phi) is 7.02. The molecular weight excluding hydrogens is 418 g/mol. The molecule has 8 heteroatoms. The monoisotopic (exact) mass is 447 g/mol. The number of imidazole rings is 1. The largest absolute Gasteiger partial charge is 0.348 e. The van der Waals surface area contributed by atoms with Crippen molar-refractivity contribution in [2.75, 3.05) is 13.1 Å². The fourth-order valence-electron chi connectivity index (χ4n) is 4.23. The van der Waals surface area contributed by atoms with E-state index in [2.05, 4.69) is 14.9 Å². The normalized spacial score (nSPS) is 15.9. The molecule has 0 radical (unpaired) electrons. The van der Waals surface area contributed by atoms with Gasteiger partial charge in [-0.15, -0.1) is 0 Å². The first-order valence-electron chi connectivity index (χ1n) is 11.3. The molecule has 0 spiro atoms. The molecule has 1 N–H and O–H groups in total. The van der Waals surface area contributed by atoms with E-state index >= 15 is 0 Å². The van der Waals surface area contributed by atoms with Gasteiger partial charge < -0.3 is 19.4 Å². The molecule has 1 unspecified atom stereocenters. The van der Waals surface area contributed by atoms with E-state index in [1.54, 1.807) is 6.20 Å². The summed E-state index contributed by atoms with van der Waals surface area (Å²) >= 11 is 0. The minimum atomic E-state index is -0.300. The molecule has 1 fully saturated rings. The number of hydrogen-bond donors (Lipinski definition) is 1. The zero-order valence-electron chi connectivity index (χ0n) is 18.8. The number of piperidine rings is 1. The lowest BCUT2D eigenvalue weighted by atomic mass is 9.97. The number of benzene rings is 1. The number of amides is 2. The molecule has 33 heavy (non-hydrogen) atoms. The van der Waals surface area contributed by atoms with Gasteiger partial charge in [-0.05, 0) is 37.3 Å². The Bertz CT molecular complexity index is 1170. The van der Waals surface area contributed by atoms with Crippen LogP contribution in [0.25, 0.3) is 0 Å². The zero-order chi connectivity index (χ0) is 23.2. The Morgan fingerprint density at radius 3 is 2.70 bits per heavy atom. The number of nitrogens with one attached hydrogen (secondary N) is 1. The van der Waals surface area contributed by atoms with Crippen LogP contribution in [0, 0.1) is 12.8 Å². The molecule has 1 aliphatic heterocycles. The van der Waals surface area contributed by atoms with Crippen LogP contribution in [0.1, 0.15) is 34.6 Å². The number of pyridine rings is 1. The minimum Gasteiger partial charge on any atom is -0.348 e. The number of hydrogen-bond acceptors (Lipinski definition) is 4. The number of carbonyl (C=O) groups excluding carboxylic acids is 2. The minimum absolute atomic E-state index is 0.0739. The molecule has 3 heterocycles. The fraction of sp³-hybridized carbons (Fsp3) is 0.360. The van der Waals surface area contributed by atoms with Crippen LogP contribution in [-0.2, 0) is 24.4 Å². The topological polar surface area (TPSA) is 89.2 Å². The van der Waals surface area contributed by atoms with Gasteiger partial charge in [0.2, 0.25) is 5.91 Å². The summed E-state index contributed by atoms with van der Waals surface area (Å²) in [6.45, 7) is 4.46. The van der Waals surface area contributed by atoms with Crippen LogP contribution in [0.4, 0.5) is 0 Å². The van der Waals surface area contributed by atoms with Crippen molar-refractivity contribution in [3.05, 3.63) is 88.4 Å². The molecule has 1 aromatic carbocycles. The van der Waals surface area contributed by atoms with E-state index in [0.29, 0.717) is 31.1 Å². The predicted molar refractivity (Wildman–Crippen MR) is 125 cm³/mol. The van der Waals surface area contributed by atoms with E-state index < -0.39 is 0 Å². The van der Waals surface area contributed by atoms with E-state index in [-0.39, 0.29) is 23.9 Å². The third-order valence-corrected chi connectivity index (χ3v) is 6.10. The van der Waals surface area contributed by atoms with Gasteiger partial charge in [0.05, 0.1) is 5.56 Å². The van der Waals surface area contributed by atoms with Crippen LogP contribution in [0.15, 0.2) is 65.8 Å². The van der Waals surface area contributed by atoms with Crippen molar-refractivity contribution in [1.82, 2.24) is 24.3 Å². The number of likely N-dealkylation sites (tertiary alicyclic amines) is 1. The summed E-state index contributed by atoms with van der Waals surface area (Å²) in [4.78, 5) is 44.0. The summed E-state index contributed by atoms with van der Waals surface area (Å²) < 4.78 is 3.43. The maximum atomic E-state index is 13.0. The van der Waals surface area contributed by atoms with Gasteiger partial charge in [-0.1, -0.05) is 30.3 Å². The Hall–Kier alpha value is -3.68. The highest BCUT2D eigenvalue weighted by Crippen LogP contribution is 2.19. The first-order valence-corrected chi connectivity index (χ1v) is 11.3. The number of carbonyl (C=O) groups is 2. The average molecular weight is 448 g/mol. The van der Waals surface area contributed by atoms with Crippen LogP contribution < -0.4 is 10.9 Å². The van der Waals surface area contributed by atoms with Gasteiger partial charge in [-0.25, -0.2) is 4.98 Å². The Morgan fingerprint density at radius 2 is 1.94 bits per heavy atom. The molecular formula is C25H29N5O3. The lowest BCUT2D eigenvalue weighted by Crippen LogP contribution is -2.43. The first kappa shape index (κ1) is 22.5. The van der Waals surface area contributed by atoms with Gasteiger partial charge in [0.1, 0.15) is 12.4 Å². The smallest absolute Gasteiger partial charge is 0.253 e. The summed E-state index contributed by atoms with van der Waals surface area (Å²) in [6, 6.07) is 12.4. The van der Waals surface area contributed by atoms with Gasteiger partial charge in [-0.2, -0.15) is 0 Å². The molecule has 8 nitrogen and oxygen atoms in total. The van der Waals surface area contributed by atoms with Crippen LogP contribution in [0.2, 0.25) is 0 Å². The van der Waals surface area contributed by atoms with Crippen molar-refractivity contribution in [1.29, 1.82) is 0 Å². The molecule has 1 aliphatic rings. The van der Waals surface area contributed by atoms with Gasteiger partial charge >= 0.3 is 0 Å². The lowest BCUT2D eigenvalue weighted by molar-refractivity contribution is -0.133. The second-order valence-corrected chi connectivity index (χ2v) is 8.53. The Balaban J connectivity index is 1.37. The van der Waals surface area contributed by atoms with Crippen molar-refractivity contribution in [3.8, 4) is 0 Å². The summed E-state index contributed by atoms with van der Waals surface area (Å²) in [6.07, 6.45) is 7.21. The van der Waals surface area contributed by atoms with Crippen LogP contribution in [0.5, 0.6) is 0 Å². The van der Waals surface area contributed by atoms with E-state index in [1.807, 2.05) is 48.4 Å². The molecule has 0 aliphatic carbocycles. The molecule has 172 valence electrons. The van der Waals surface area contributed by atoms with E-state index in [1.165, 1.54) is 22.9 Å². The Labute approximate surface area is 192 Å². The molecule has 0 saturated carbocycles. The van der Waals surface area contributed by atoms with Gasteiger partial charge in [0, 0.05) is 50.8 Å². The summed E-state index contributed by atoms with van der Waals surface area (Å²) in [5, 5.41) is 2.85. The Morgan fingerprint density at radius 1 is 1.12 bits per heavy atom. The van der Waals surface area contributed by atoms with Crippen molar-refractivity contribution < 1.29 is 9.59 Å². The van der Waals surface area contributed by atoms with Crippen LogP contribution in [-0.4, -0.2) is 43.9 Å². The summed E-state index contributed by atoms with van der Waals surface area (Å²) in [7, 11) is 0. The molecule has 1 atom stereocenters. The molecule has 3 aromatic rings. The fourth-order valence-corrected chi connectivity index (χ4v) is 4.23. The molecule has 1 saturated heterocycles. The third-order valence-electron chi connectivity index (χ3n) is 6.10. The quantitative estimate of drug-likeness (QED) is 0.602. The highest BCUT2D eigenvalue weighted by Gasteiger charge is 2.24. The van der Waals surface area contributed by atoms with Gasteiger partial charge in [0.15, 0.2) is 0 Å². The second kappa shape index (κ2) is 10.3. The van der Waals surface area contributed by atoms with Gasteiger partial charge in [-0.3, -0.25) is 14.4 Å². The first-order chi connectivity index (χ1) is 16.0.